The van der Waals surface area contributed by atoms with Crippen LogP contribution in [0.2, 0.25) is 0 Å². The van der Waals surface area contributed by atoms with E-state index in [9.17, 15) is 0 Å². The summed E-state index contributed by atoms with van der Waals surface area (Å²) in [6.45, 7) is 61.8. The number of nitrogens with zero attached hydrogens (tertiary/aromatic N) is 4. The maximum absolute atomic E-state index is 9.15. The second-order valence-corrected chi connectivity index (χ2v) is 38.4. The van der Waals surface area contributed by atoms with Gasteiger partial charge in [-0.2, -0.15) is 5.26 Å². The molecule has 4 nitrogen and oxygen atoms in total. The molecule has 0 aliphatic heterocycles. The zero-order valence-corrected chi connectivity index (χ0v) is 67.3. The van der Waals surface area contributed by atoms with Crippen molar-refractivity contribution in [2.45, 2.75) is 236 Å². The fourth-order valence-electron chi connectivity index (χ4n) is 14.8. The van der Waals surface area contributed by atoms with Gasteiger partial charge in [0.25, 0.3) is 0 Å². The number of benzene rings is 10. The molecule has 0 unspecified atom stereocenters. The zero-order valence-electron chi connectivity index (χ0n) is 67.3. The van der Waals surface area contributed by atoms with Gasteiger partial charge in [0.05, 0.1) is 11.6 Å². The summed E-state index contributed by atoms with van der Waals surface area (Å²) in [6.07, 6.45) is 5.52. The molecule has 0 atom stereocenters. The predicted octanol–water partition coefficient (Wildman–Crippen LogP) is 28.0. The molecule has 0 aliphatic rings. The molecule has 0 saturated carbocycles. The first-order valence-corrected chi connectivity index (χ1v) is 37.3. The summed E-state index contributed by atoms with van der Waals surface area (Å²) < 4.78 is 7.33. The molecule has 0 aliphatic carbocycles. The van der Waals surface area contributed by atoms with E-state index in [-0.39, 0.29) is 49.1 Å². The summed E-state index contributed by atoms with van der Waals surface area (Å²) in [4.78, 5) is 0. The van der Waals surface area contributed by atoms with Crippen molar-refractivity contribution in [2.75, 3.05) is 0 Å². The van der Waals surface area contributed by atoms with E-state index in [1.807, 2.05) is 30.3 Å². The molecule has 0 bridgehead atoms. The van der Waals surface area contributed by atoms with E-state index >= 15 is 0 Å². The molecular formula is C99H114N4. The van der Waals surface area contributed by atoms with Crippen molar-refractivity contribution in [1.29, 1.82) is 5.26 Å². The highest BCUT2D eigenvalue weighted by atomic mass is 15.1. The highest BCUT2D eigenvalue weighted by molar-refractivity contribution is 6.13. The van der Waals surface area contributed by atoms with Gasteiger partial charge in [-0.3, -0.25) is 0 Å². The molecule has 0 fully saturated rings. The van der Waals surface area contributed by atoms with Crippen LogP contribution in [0, 0.1) is 23.7 Å². The average Bonchev–Trinajstić information content (AvgIpc) is 1.60. The van der Waals surface area contributed by atoms with Crippen LogP contribution >= 0.6 is 0 Å². The van der Waals surface area contributed by atoms with Crippen LogP contribution in [0.15, 0.2) is 194 Å². The highest BCUT2D eigenvalue weighted by Crippen LogP contribution is 2.44. The average molecular weight is 1360 g/mol. The first-order valence-electron chi connectivity index (χ1n) is 37.3. The van der Waals surface area contributed by atoms with Gasteiger partial charge in [-0.1, -0.05) is 240 Å². The van der Waals surface area contributed by atoms with Crippen LogP contribution in [0.4, 0.5) is 0 Å². The molecule has 0 spiro atoms. The predicted molar refractivity (Wildman–Crippen MR) is 450 cm³/mol. The summed E-state index contributed by atoms with van der Waals surface area (Å²) in [7, 11) is 0. The number of fused-ring (bicyclic) bond motifs is 9. The number of terminal acetylenes is 1. The summed E-state index contributed by atoms with van der Waals surface area (Å²) in [5, 5.41) is 16.6. The summed E-state index contributed by atoms with van der Waals surface area (Å²) >= 11 is 0. The Morgan fingerprint density at radius 2 is 0.437 bits per heavy atom. The van der Waals surface area contributed by atoms with Crippen molar-refractivity contribution >= 4 is 65.4 Å². The minimum Gasteiger partial charge on any atom is -0.335 e. The van der Waals surface area contributed by atoms with Crippen LogP contribution in [0.25, 0.3) is 110 Å². The van der Waals surface area contributed by atoms with E-state index in [4.69, 9.17) is 11.7 Å². The van der Waals surface area contributed by atoms with Gasteiger partial charge in [0, 0.05) is 87.6 Å². The third kappa shape index (κ3) is 15.4. The van der Waals surface area contributed by atoms with Crippen molar-refractivity contribution in [3.63, 3.8) is 0 Å². The summed E-state index contributed by atoms with van der Waals surface area (Å²) in [5.41, 5.74) is 27.9. The number of aromatic nitrogens is 3. The molecule has 3 heterocycles. The number of nitriles is 1. The fourth-order valence-corrected chi connectivity index (χ4v) is 14.8. The van der Waals surface area contributed by atoms with E-state index < -0.39 is 0 Å². The lowest BCUT2D eigenvalue weighted by molar-refractivity contribution is 0.423. The normalized spacial score (nSPS) is 13.0. The van der Waals surface area contributed by atoms with Crippen molar-refractivity contribution < 1.29 is 0 Å². The Kier molecular flexibility index (Phi) is 19.2. The van der Waals surface area contributed by atoms with E-state index in [1.54, 1.807) is 0 Å². The second kappa shape index (κ2) is 26.4. The maximum atomic E-state index is 9.15. The fraction of sp³-hybridized carbons (Fsp3) is 0.364. The molecule has 10 aromatic carbocycles. The highest BCUT2D eigenvalue weighted by Gasteiger charge is 2.28. The molecule has 13 rings (SSSR count). The zero-order chi connectivity index (χ0) is 75.4. The van der Waals surface area contributed by atoms with Gasteiger partial charge in [0.2, 0.25) is 0 Å². The molecule has 4 heteroatoms. The molecule has 0 saturated heterocycles. The minimum atomic E-state index is -0.0554. The first-order chi connectivity index (χ1) is 47.6. The van der Waals surface area contributed by atoms with Crippen LogP contribution < -0.4 is 0 Å². The lowest BCUT2D eigenvalue weighted by Gasteiger charge is -2.26. The molecule has 0 radical (unpaired) electrons. The molecular weight excluding hydrogens is 1250 g/mol. The van der Waals surface area contributed by atoms with Gasteiger partial charge >= 0.3 is 0 Å². The summed E-state index contributed by atoms with van der Waals surface area (Å²) in [6, 6.07) is 75.0. The van der Waals surface area contributed by atoms with Gasteiger partial charge in [-0.15, -0.1) is 6.42 Å². The van der Waals surface area contributed by atoms with Gasteiger partial charge in [0.1, 0.15) is 0 Å². The standard InChI is InChI=1S/C44H57N.C36H41N.C19H16N2/c1-40(2,3)32-20-30(21-33(26-32)41(4,5)6)28-16-18-38-36(24-28)37-25-29(17-19-39(37)45(38)44(13,14)15)31-22-34(42(7,8)9)27-35(23-31)43(10,11)12;1-34(2,3)28-16-10-24(11-17-28)26-14-20-32-30(22-26)31-23-27(15-21-33(31)37(32)36(7,8)9)25-12-18-29(19-13-25)35(4,5)6;1-5-13-6-8-17-15(10-13)16-11-14(12-20)7-9-18(16)21(17)19(2,3)4/h16-27H,1-15H3;10-23H,1-9H3;1,6-11H,2-4H3. The third-order valence-corrected chi connectivity index (χ3v) is 20.8. The number of hydrogen-bond acceptors (Lipinski definition) is 1. The maximum Gasteiger partial charge on any atom is 0.0991 e. The third-order valence-electron chi connectivity index (χ3n) is 20.8. The van der Waals surface area contributed by atoms with Crippen molar-refractivity contribution in [1.82, 2.24) is 13.7 Å². The molecule has 13 aromatic rings. The lowest BCUT2D eigenvalue weighted by Crippen LogP contribution is -2.21. The molecule has 0 N–H and O–H groups in total. The van der Waals surface area contributed by atoms with Gasteiger partial charge < -0.3 is 13.7 Å². The van der Waals surface area contributed by atoms with E-state index in [2.05, 4.69) is 376 Å². The largest absolute Gasteiger partial charge is 0.335 e. The van der Waals surface area contributed by atoms with Crippen LogP contribution in [-0.2, 0) is 49.1 Å². The van der Waals surface area contributed by atoms with Gasteiger partial charge in [0.15, 0.2) is 0 Å². The van der Waals surface area contributed by atoms with Gasteiger partial charge in [-0.25, -0.2) is 0 Å². The van der Waals surface area contributed by atoms with Crippen molar-refractivity contribution in [3.8, 4) is 62.9 Å². The van der Waals surface area contributed by atoms with Gasteiger partial charge in [-0.05, 0) is 258 Å². The monoisotopic (exact) mass is 1360 g/mol. The van der Waals surface area contributed by atoms with Crippen LogP contribution in [0.5, 0.6) is 0 Å². The summed E-state index contributed by atoms with van der Waals surface area (Å²) in [5.74, 6) is 2.69. The van der Waals surface area contributed by atoms with Crippen LogP contribution in [0.1, 0.15) is 231 Å². The number of rotatable bonds is 4. The van der Waals surface area contributed by atoms with E-state index in [1.165, 1.54) is 122 Å². The molecule has 103 heavy (non-hydrogen) atoms. The minimum absolute atomic E-state index is 0.0221. The van der Waals surface area contributed by atoms with E-state index in [0.29, 0.717) is 5.56 Å². The topological polar surface area (TPSA) is 38.6 Å². The Labute approximate surface area is 618 Å². The Balaban J connectivity index is 0.000000164. The lowest BCUT2D eigenvalue weighted by atomic mass is 9.78. The molecule has 0 amide bonds. The SMILES string of the molecule is C#Cc1ccc2c(c1)c1cc(C#N)ccc1n2C(C)(C)C.CC(C)(C)c1cc(-c2ccc3c(c2)c2cc(-c4cc(C(C)(C)C)cc(C(C)(C)C)c4)ccc2n3C(C)(C)C)cc(C(C)(C)C)c1.CC(C)(C)c1ccc(-c2ccc3c(c2)c2cc(-c4ccc(C(C)(C)C)cc4)ccc2n3C(C)(C)C)cc1. The number of hydrogen-bond donors (Lipinski definition) is 0. The van der Waals surface area contributed by atoms with Crippen molar-refractivity contribution in [3.05, 3.63) is 239 Å². The van der Waals surface area contributed by atoms with Crippen LogP contribution in [-0.4, -0.2) is 13.7 Å². The Morgan fingerprint density at radius 3 is 0.670 bits per heavy atom. The van der Waals surface area contributed by atoms with Crippen LogP contribution in [0.3, 0.4) is 0 Å². The quantitative estimate of drug-likeness (QED) is 0.162. The smallest absolute Gasteiger partial charge is 0.0991 e. The first kappa shape index (κ1) is 74.8. The Bertz CT molecular complexity index is 5090. The molecule has 530 valence electrons. The molecule has 3 aromatic heterocycles. The second-order valence-electron chi connectivity index (χ2n) is 38.4. The Hall–Kier alpha value is -9.35. The van der Waals surface area contributed by atoms with E-state index in [0.717, 1.165) is 27.4 Å². The Morgan fingerprint density at radius 1 is 0.223 bits per heavy atom. The van der Waals surface area contributed by atoms with Crippen molar-refractivity contribution in [2.24, 2.45) is 0 Å².